The monoisotopic (exact) mass is 246 g/mol. The van der Waals surface area contributed by atoms with Gasteiger partial charge >= 0.3 is 0 Å². The van der Waals surface area contributed by atoms with Crippen LogP contribution in [0.4, 0.5) is 5.69 Å². The lowest BCUT2D eigenvalue weighted by molar-refractivity contribution is 0.565. The molecule has 1 fully saturated rings. The number of hydrogen-bond donors (Lipinski definition) is 1. The highest BCUT2D eigenvalue weighted by Gasteiger charge is 2.24. The molecule has 0 amide bonds. The van der Waals surface area contributed by atoms with E-state index in [0.29, 0.717) is 6.04 Å². The first-order chi connectivity index (χ1) is 8.80. The van der Waals surface area contributed by atoms with Crippen molar-refractivity contribution >= 4 is 5.69 Å². The maximum absolute atomic E-state index is 3.43. The Morgan fingerprint density at radius 1 is 1.33 bits per heavy atom. The zero-order valence-corrected chi connectivity index (χ0v) is 11.9. The fraction of sp³-hybridized carbons (Fsp3) is 0.625. The minimum atomic E-state index is 0.474. The van der Waals surface area contributed by atoms with Gasteiger partial charge in [-0.1, -0.05) is 38.5 Å². The topological polar surface area (TPSA) is 15.3 Å². The molecule has 2 rings (SSSR count). The van der Waals surface area contributed by atoms with Gasteiger partial charge in [0.05, 0.1) is 0 Å². The Labute approximate surface area is 111 Å². The minimum Gasteiger partial charge on any atom is -0.371 e. The summed E-state index contributed by atoms with van der Waals surface area (Å²) in [4.78, 5) is 2.57. The van der Waals surface area contributed by atoms with Crippen LogP contribution in [-0.2, 0) is 0 Å². The molecule has 1 aliphatic heterocycles. The SMILES string of the molecule is CCC1CCN(c2ccccc2C(CC)NC)C1. The van der Waals surface area contributed by atoms with Crippen LogP contribution in [0, 0.1) is 5.92 Å². The Bertz CT molecular complexity index is 371. The van der Waals surface area contributed by atoms with Gasteiger partial charge in [0.25, 0.3) is 0 Å². The van der Waals surface area contributed by atoms with Gasteiger partial charge in [-0.25, -0.2) is 0 Å². The molecule has 0 aliphatic carbocycles. The van der Waals surface area contributed by atoms with Crippen molar-refractivity contribution in [1.29, 1.82) is 0 Å². The highest BCUT2D eigenvalue weighted by Crippen LogP contribution is 2.32. The fourth-order valence-corrected chi connectivity index (χ4v) is 3.03. The van der Waals surface area contributed by atoms with Gasteiger partial charge in [0.1, 0.15) is 0 Å². The summed E-state index contributed by atoms with van der Waals surface area (Å²) >= 11 is 0. The molecule has 1 N–H and O–H groups in total. The van der Waals surface area contributed by atoms with Crippen molar-refractivity contribution in [3.63, 3.8) is 0 Å². The summed E-state index contributed by atoms with van der Waals surface area (Å²) in [5.41, 5.74) is 2.90. The molecule has 0 radical (unpaired) electrons. The second kappa shape index (κ2) is 6.24. The molecule has 0 saturated carbocycles. The lowest BCUT2D eigenvalue weighted by Crippen LogP contribution is -2.24. The van der Waals surface area contributed by atoms with Crippen LogP contribution in [0.1, 0.15) is 44.7 Å². The first kappa shape index (κ1) is 13.4. The molecule has 1 aromatic carbocycles. The molecule has 1 aliphatic rings. The van der Waals surface area contributed by atoms with Crippen LogP contribution in [0.5, 0.6) is 0 Å². The van der Waals surface area contributed by atoms with E-state index in [-0.39, 0.29) is 0 Å². The summed E-state index contributed by atoms with van der Waals surface area (Å²) < 4.78 is 0. The lowest BCUT2D eigenvalue weighted by Gasteiger charge is -2.26. The summed E-state index contributed by atoms with van der Waals surface area (Å²) in [7, 11) is 2.06. The molecule has 1 aromatic rings. The van der Waals surface area contributed by atoms with E-state index < -0.39 is 0 Å². The van der Waals surface area contributed by atoms with E-state index in [1.807, 2.05) is 0 Å². The van der Waals surface area contributed by atoms with Crippen molar-refractivity contribution < 1.29 is 0 Å². The van der Waals surface area contributed by atoms with Crippen LogP contribution >= 0.6 is 0 Å². The molecule has 100 valence electrons. The summed E-state index contributed by atoms with van der Waals surface area (Å²) in [5.74, 6) is 0.882. The number of benzene rings is 1. The third-order valence-corrected chi connectivity index (χ3v) is 4.27. The first-order valence-electron chi connectivity index (χ1n) is 7.31. The zero-order valence-electron chi connectivity index (χ0n) is 11.9. The maximum atomic E-state index is 3.43. The van der Waals surface area contributed by atoms with Gasteiger partial charge in [-0.05, 0) is 37.4 Å². The largest absolute Gasteiger partial charge is 0.371 e. The third kappa shape index (κ3) is 2.69. The second-order valence-electron chi connectivity index (χ2n) is 5.32. The van der Waals surface area contributed by atoms with E-state index in [1.54, 1.807) is 0 Å². The molecule has 0 bridgehead atoms. The van der Waals surface area contributed by atoms with Crippen molar-refractivity contribution in [3.05, 3.63) is 29.8 Å². The van der Waals surface area contributed by atoms with E-state index in [0.717, 1.165) is 12.3 Å². The zero-order chi connectivity index (χ0) is 13.0. The summed E-state index contributed by atoms with van der Waals surface area (Å²) in [6.07, 6.45) is 3.79. The number of anilines is 1. The Morgan fingerprint density at radius 3 is 2.72 bits per heavy atom. The highest BCUT2D eigenvalue weighted by atomic mass is 15.2. The van der Waals surface area contributed by atoms with Gasteiger partial charge < -0.3 is 10.2 Å². The van der Waals surface area contributed by atoms with Crippen LogP contribution in [0.3, 0.4) is 0 Å². The molecular weight excluding hydrogens is 220 g/mol. The van der Waals surface area contributed by atoms with Crippen LogP contribution in [-0.4, -0.2) is 20.1 Å². The third-order valence-electron chi connectivity index (χ3n) is 4.27. The van der Waals surface area contributed by atoms with Gasteiger partial charge in [-0.15, -0.1) is 0 Å². The van der Waals surface area contributed by atoms with Crippen LogP contribution in [0.25, 0.3) is 0 Å². The van der Waals surface area contributed by atoms with E-state index in [2.05, 4.69) is 55.4 Å². The Balaban J connectivity index is 2.22. The number of nitrogens with zero attached hydrogens (tertiary/aromatic N) is 1. The normalized spacial score (nSPS) is 21.3. The van der Waals surface area contributed by atoms with Gasteiger partial charge in [0.15, 0.2) is 0 Å². The standard InChI is InChI=1S/C16H26N2/c1-4-13-10-11-18(12-13)16-9-7-6-8-14(16)15(5-2)17-3/h6-9,13,15,17H,4-5,10-12H2,1-3H3. The minimum absolute atomic E-state index is 0.474. The molecule has 2 nitrogen and oxygen atoms in total. The van der Waals surface area contributed by atoms with Crippen LogP contribution < -0.4 is 10.2 Å². The molecule has 18 heavy (non-hydrogen) atoms. The smallest absolute Gasteiger partial charge is 0.0414 e. The average Bonchev–Trinajstić information content (AvgIpc) is 2.89. The van der Waals surface area contributed by atoms with Crippen LogP contribution in [0.15, 0.2) is 24.3 Å². The second-order valence-corrected chi connectivity index (χ2v) is 5.32. The number of hydrogen-bond acceptors (Lipinski definition) is 2. The van der Waals surface area contributed by atoms with Crippen molar-refractivity contribution in [2.24, 2.45) is 5.92 Å². The van der Waals surface area contributed by atoms with Gasteiger partial charge in [0.2, 0.25) is 0 Å². The van der Waals surface area contributed by atoms with E-state index in [4.69, 9.17) is 0 Å². The van der Waals surface area contributed by atoms with Gasteiger partial charge in [-0.2, -0.15) is 0 Å². The van der Waals surface area contributed by atoms with Crippen molar-refractivity contribution in [2.75, 3.05) is 25.0 Å². The highest BCUT2D eigenvalue weighted by molar-refractivity contribution is 5.55. The van der Waals surface area contributed by atoms with E-state index in [9.17, 15) is 0 Å². The van der Waals surface area contributed by atoms with Crippen molar-refractivity contribution in [1.82, 2.24) is 5.32 Å². The molecular formula is C16H26N2. The van der Waals surface area contributed by atoms with E-state index >= 15 is 0 Å². The first-order valence-corrected chi connectivity index (χ1v) is 7.31. The average molecular weight is 246 g/mol. The maximum Gasteiger partial charge on any atom is 0.0414 e. The number of nitrogens with one attached hydrogen (secondary N) is 1. The molecule has 2 unspecified atom stereocenters. The van der Waals surface area contributed by atoms with Gasteiger partial charge in [0, 0.05) is 24.8 Å². The summed E-state index contributed by atoms with van der Waals surface area (Å²) in [6.45, 7) is 7.00. The quantitative estimate of drug-likeness (QED) is 0.854. The summed E-state index contributed by atoms with van der Waals surface area (Å²) in [5, 5.41) is 3.43. The Morgan fingerprint density at radius 2 is 2.11 bits per heavy atom. The van der Waals surface area contributed by atoms with Gasteiger partial charge in [-0.3, -0.25) is 0 Å². The van der Waals surface area contributed by atoms with Crippen molar-refractivity contribution in [2.45, 2.75) is 39.2 Å². The molecule has 1 heterocycles. The Kier molecular flexibility index (Phi) is 4.65. The Hall–Kier alpha value is -1.02. The summed E-state index contributed by atoms with van der Waals surface area (Å²) in [6, 6.07) is 9.36. The molecule has 2 atom stereocenters. The molecule has 0 aromatic heterocycles. The number of para-hydroxylation sites is 1. The predicted molar refractivity (Wildman–Crippen MR) is 79.1 cm³/mol. The lowest BCUT2D eigenvalue weighted by atomic mass is 10.0. The number of rotatable bonds is 5. The van der Waals surface area contributed by atoms with Crippen molar-refractivity contribution in [3.8, 4) is 0 Å². The van der Waals surface area contributed by atoms with Crippen LogP contribution in [0.2, 0.25) is 0 Å². The van der Waals surface area contributed by atoms with E-state index in [1.165, 1.54) is 37.2 Å². The molecule has 1 saturated heterocycles. The molecule has 2 heteroatoms. The fourth-order valence-electron chi connectivity index (χ4n) is 3.03. The predicted octanol–water partition coefficient (Wildman–Crippen LogP) is 3.59. The molecule has 0 spiro atoms.